The van der Waals surface area contributed by atoms with Crippen LogP contribution >= 0.6 is 35.3 Å². The van der Waals surface area contributed by atoms with Crippen LogP contribution in [-0.2, 0) is 16.6 Å². The summed E-state index contributed by atoms with van der Waals surface area (Å²) in [5, 5.41) is 9.92. The number of guanidine groups is 1. The lowest BCUT2D eigenvalue weighted by molar-refractivity contribution is 0.155. The fraction of sp³-hybridized carbons (Fsp3) is 0.750. The minimum Gasteiger partial charge on any atom is -0.380 e. The van der Waals surface area contributed by atoms with Crippen molar-refractivity contribution >= 4 is 41.3 Å². The summed E-state index contributed by atoms with van der Waals surface area (Å²) in [6.07, 6.45) is 0.913. The van der Waals surface area contributed by atoms with Crippen LogP contribution in [0.2, 0.25) is 0 Å². The molecule has 0 unspecified atom stereocenters. The van der Waals surface area contributed by atoms with E-state index in [9.17, 15) is 0 Å². The molecule has 0 radical (unpaired) electrons. The van der Waals surface area contributed by atoms with Crippen LogP contribution in [0, 0.1) is 0 Å². The Hall–Kier alpha value is -0.410. The van der Waals surface area contributed by atoms with Crippen LogP contribution in [0.4, 0.5) is 0 Å². The molecule has 1 aromatic rings. The highest BCUT2D eigenvalue weighted by Crippen LogP contribution is 2.23. The Morgan fingerprint density at radius 1 is 1.30 bits per heavy atom. The maximum atomic E-state index is 5.30. The molecule has 5 nitrogen and oxygen atoms in total. The van der Waals surface area contributed by atoms with E-state index >= 15 is 0 Å². The first kappa shape index (κ1) is 22.6. The van der Waals surface area contributed by atoms with E-state index in [-0.39, 0.29) is 29.4 Å². The minimum atomic E-state index is 0. The largest absolute Gasteiger partial charge is 0.380 e. The predicted octanol–water partition coefficient (Wildman–Crippen LogP) is 3.19. The summed E-state index contributed by atoms with van der Waals surface area (Å²) in [6, 6.07) is 0. The molecule has 1 rings (SSSR count). The third kappa shape index (κ3) is 9.46. The van der Waals surface area contributed by atoms with Crippen molar-refractivity contribution in [3.05, 3.63) is 16.1 Å². The summed E-state index contributed by atoms with van der Waals surface area (Å²) in [4.78, 5) is 9.19. The Morgan fingerprint density at radius 2 is 2.04 bits per heavy atom. The fourth-order valence-corrected chi connectivity index (χ4v) is 2.79. The van der Waals surface area contributed by atoms with E-state index in [1.165, 1.54) is 10.7 Å². The fourth-order valence-electron chi connectivity index (χ4n) is 1.77. The second-order valence-electron chi connectivity index (χ2n) is 6.01. The molecular weight excluding hydrogens is 423 g/mol. The number of hydrogen-bond acceptors (Lipinski definition) is 4. The van der Waals surface area contributed by atoms with Gasteiger partial charge in [-0.2, -0.15) is 0 Å². The van der Waals surface area contributed by atoms with Crippen LogP contribution in [0.15, 0.2) is 10.4 Å². The highest BCUT2D eigenvalue weighted by atomic mass is 127. The molecule has 0 saturated carbocycles. The predicted molar refractivity (Wildman–Crippen MR) is 110 cm³/mol. The van der Waals surface area contributed by atoms with Crippen molar-refractivity contribution in [3.8, 4) is 0 Å². The molecule has 23 heavy (non-hydrogen) atoms. The zero-order chi connectivity index (χ0) is 16.4. The van der Waals surface area contributed by atoms with Crippen molar-refractivity contribution in [1.29, 1.82) is 0 Å². The Morgan fingerprint density at radius 3 is 2.61 bits per heavy atom. The molecule has 134 valence electrons. The summed E-state index contributed by atoms with van der Waals surface area (Å²) >= 11 is 1.73. The maximum Gasteiger partial charge on any atom is 0.191 e. The minimum absolute atomic E-state index is 0. The lowest BCUT2D eigenvalue weighted by atomic mass is 9.93. The van der Waals surface area contributed by atoms with Crippen LogP contribution in [0.25, 0.3) is 0 Å². The first-order valence-electron chi connectivity index (χ1n) is 8.02. The molecule has 1 heterocycles. The average molecular weight is 454 g/mol. The SMILES string of the molecule is CCNC(=NCCOCC)NCCc1nc(C(C)(C)C)cs1.I. The lowest BCUT2D eigenvalue weighted by Crippen LogP contribution is -2.38. The van der Waals surface area contributed by atoms with Crippen molar-refractivity contribution in [1.82, 2.24) is 15.6 Å². The van der Waals surface area contributed by atoms with E-state index in [2.05, 4.69) is 48.7 Å². The van der Waals surface area contributed by atoms with Gasteiger partial charge < -0.3 is 15.4 Å². The summed E-state index contributed by atoms with van der Waals surface area (Å²) in [7, 11) is 0. The first-order chi connectivity index (χ1) is 10.5. The van der Waals surface area contributed by atoms with E-state index in [1.807, 2.05) is 6.92 Å². The number of halogens is 1. The van der Waals surface area contributed by atoms with E-state index < -0.39 is 0 Å². The number of hydrogen-bond donors (Lipinski definition) is 2. The third-order valence-electron chi connectivity index (χ3n) is 3.01. The zero-order valence-electron chi connectivity index (χ0n) is 14.9. The Bertz CT molecular complexity index is 457. The molecule has 0 aliphatic rings. The molecule has 0 spiro atoms. The van der Waals surface area contributed by atoms with Crippen molar-refractivity contribution in [2.24, 2.45) is 4.99 Å². The number of nitrogens with zero attached hydrogens (tertiary/aromatic N) is 2. The van der Waals surface area contributed by atoms with Gasteiger partial charge in [0.25, 0.3) is 0 Å². The standard InChI is InChI=1S/C16H30N4OS.HI/c1-6-17-15(19-10-11-21-7-2)18-9-8-14-20-13(12-22-14)16(3,4)5;/h12H,6-11H2,1-5H3,(H2,17,18,19);1H. The van der Waals surface area contributed by atoms with Crippen molar-refractivity contribution in [2.75, 3.05) is 32.8 Å². The quantitative estimate of drug-likeness (QED) is 0.274. The molecule has 1 aromatic heterocycles. The highest BCUT2D eigenvalue weighted by molar-refractivity contribution is 14.0. The van der Waals surface area contributed by atoms with Gasteiger partial charge in [0.15, 0.2) is 5.96 Å². The van der Waals surface area contributed by atoms with Gasteiger partial charge in [-0.05, 0) is 13.8 Å². The second-order valence-corrected chi connectivity index (χ2v) is 6.95. The summed E-state index contributed by atoms with van der Waals surface area (Å²) < 4.78 is 5.30. The van der Waals surface area contributed by atoms with Crippen molar-refractivity contribution < 1.29 is 4.74 Å². The molecule has 0 saturated heterocycles. The van der Waals surface area contributed by atoms with Crippen LogP contribution < -0.4 is 10.6 Å². The van der Waals surface area contributed by atoms with Gasteiger partial charge in [-0.25, -0.2) is 4.98 Å². The van der Waals surface area contributed by atoms with Gasteiger partial charge in [-0.1, -0.05) is 20.8 Å². The van der Waals surface area contributed by atoms with Gasteiger partial charge >= 0.3 is 0 Å². The molecule has 0 aliphatic heterocycles. The van der Waals surface area contributed by atoms with Gasteiger partial charge in [-0.3, -0.25) is 4.99 Å². The highest BCUT2D eigenvalue weighted by Gasteiger charge is 2.17. The number of thiazole rings is 1. The average Bonchev–Trinajstić information content (AvgIpc) is 2.92. The molecule has 0 fully saturated rings. The zero-order valence-corrected chi connectivity index (χ0v) is 18.1. The number of aliphatic imine (C=N–C) groups is 1. The third-order valence-corrected chi connectivity index (χ3v) is 3.91. The second kappa shape index (κ2) is 12.0. The molecular formula is C16H31IN4OS. The first-order valence-corrected chi connectivity index (χ1v) is 8.90. The van der Waals surface area contributed by atoms with Crippen LogP contribution in [0.5, 0.6) is 0 Å². The van der Waals surface area contributed by atoms with Crippen LogP contribution in [0.3, 0.4) is 0 Å². The maximum absolute atomic E-state index is 5.30. The molecule has 0 amide bonds. The monoisotopic (exact) mass is 454 g/mol. The van der Waals surface area contributed by atoms with Gasteiger partial charge in [0.1, 0.15) is 0 Å². The van der Waals surface area contributed by atoms with E-state index in [0.717, 1.165) is 32.1 Å². The number of nitrogens with one attached hydrogen (secondary N) is 2. The lowest BCUT2D eigenvalue weighted by Gasteiger charge is -2.14. The number of aromatic nitrogens is 1. The normalized spacial score (nSPS) is 12.0. The van der Waals surface area contributed by atoms with E-state index in [4.69, 9.17) is 9.72 Å². The number of rotatable bonds is 8. The summed E-state index contributed by atoms with van der Waals surface area (Å²) in [6.45, 7) is 14.4. The van der Waals surface area contributed by atoms with Gasteiger partial charge in [0.05, 0.1) is 23.9 Å². The Kier molecular flexibility index (Phi) is 11.8. The summed E-state index contributed by atoms with van der Waals surface area (Å²) in [5.41, 5.74) is 1.29. The molecule has 0 bridgehead atoms. The van der Waals surface area contributed by atoms with E-state index in [1.54, 1.807) is 11.3 Å². The van der Waals surface area contributed by atoms with Crippen molar-refractivity contribution in [3.63, 3.8) is 0 Å². The van der Waals surface area contributed by atoms with E-state index in [0.29, 0.717) is 13.2 Å². The van der Waals surface area contributed by atoms with Crippen LogP contribution in [-0.4, -0.2) is 43.8 Å². The molecule has 0 aliphatic carbocycles. The van der Waals surface area contributed by atoms with Crippen molar-refractivity contribution in [2.45, 2.75) is 46.5 Å². The molecule has 7 heteroatoms. The van der Waals surface area contributed by atoms with Gasteiger partial charge in [0, 0.05) is 36.9 Å². The van der Waals surface area contributed by atoms with Gasteiger partial charge in [-0.15, -0.1) is 35.3 Å². The van der Waals surface area contributed by atoms with Crippen LogP contribution in [0.1, 0.15) is 45.3 Å². The number of ether oxygens (including phenoxy) is 1. The summed E-state index contributed by atoms with van der Waals surface area (Å²) in [5.74, 6) is 0.842. The molecule has 0 aromatic carbocycles. The molecule has 2 N–H and O–H groups in total. The Balaban J connectivity index is 0.00000484. The molecule has 0 atom stereocenters. The van der Waals surface area contributed by atoms with Gasteiger partial charge in [0.2, 0.25) is 0 Å². The smallest absolute Gasteiger partial charge is 0.191 e. The topological polar surface area (TPSA) is 58.5 Å². The Labute approximate surface area is 161 Å².